The highest BCUT2D eigenvalue weighted by molar-refractivity contribution is 7.10. The van der Waals surface area contributed by atoms with E-state index in [1.807, 2.05) is 72.7 Å². The summed E-state index contributed by atoms with van der Waals surface area (Å²) < 4.78 is 5.55. The first-order chi connectivity index (χ1) is 17.5. The molecule has 7 nitrogen and oxygen atoms in total. The number of carbonyl (C=O) groups is 2. The molecule has 2 aromatic carbocycles. The quantitative estimate of drug-likeness (QED) is 0.454. The monoisotopic (exact) mass is 506 g/mol. The fourth-order valence-electron chi connectivity index (χ4n) is 4.60. The summed E-state index contributed by atoms with van der Waals surface area (Å²) in [6, 6.07) is 17.6. The third-order valence-corrected chi connectivity index (χ3v) is 7.40. The van der Waals surface area contributed by atoms with Crippen LogP contribution in [-0.2, 0) is 11.2 Å². The second-order valence-electron chi connectivity index (χ2n) is 8.66. The van der Waals surface area contributed by atoms with Crippen molar-refractivity contribution in [3.8, 4) is 5.75 Å². The first-order valence-corrected chi connectivity index (χ1v) is 13.3. The number of anilines is 3. The summed E-state index contributed by atoms with van der Waals surface area (Å²) in [6.45, 7) is 8.43. The molecule has 3 aromatic rings. The summed E-state index contributed by atoms with van der Waals surface area (Å²) in [5.74, 6) is 0.763. The fourth-order valence-corrected chi connectivity index (χ4v) is 5.30. The first kappa shape index (κ1) is 25.6. The second-order valence-corrected chi connectivity index (χ2v) is 9.69. The summed E-state index contributed by atoms with van der Waals surface area (Å²) in [5, 5.41) is 4.94. The van der Waals surface area contributed by atoms with Crippen molar-refractivity contribution in [2.45, 2.75) is 20.3 Å². The van der Waals surface area contributed by atoms with Crippen LogP contribution in [0.1, 0.15) is 29.1 Å². The van der Waals surface area contributed by atoms with Gasteiger partial charge in [0.2, 0.25) is 5.91 Å². The standard InChI is InChI=1S/C28H34N4O3S/c1-4-30(5-2)28(34)23-19-21(29-27(33)20-22-9-8-18-36-22)12-13-24(23)31-14-16-32(17-15-31)25-10-6-7-11-26(25)35-3/h6-13,18-19H,4-5,14-17,20H2,1-3H3,(H,29,33). The molecule has 1 N–H and O–H groups in total. The van der Waals surface area contributed by atoms with Crippen LogP contribution in [0.3, 0.4) is 0 Å². The molecule has 0 radical (unpaired) electrons. The van der Waals surface area contributed by atoms with E-state index in [9.17, 15) is 9.59 Å². The number of hydrogen-bond donors (Lipinski definition) is 1. The van der Waals surface area contributed by atoms with Crippen molar-refractivity contribution in [2.75, 3.05) is 61.5 Å². The van der Waals surface area contributed by atoms with Crippen molar-refractivity contribution in [1.29, 1.82) is 0 Å². The number of methoxy groups -OCH3 is 1. The SMILES string of the molecule is CCN(CC)C(=O)c1cc(NC(=O)Cc2cccs2)ccc1N1CCN(c2ccccc2OC)CC1. The van der Waals surface area contributed by atoms with Gasteiger partial charge in [0.25, 0.3) is 5.91 Å². The Morgan fingerprint density at radius 2 is 1.64 bits per heavy atom. The maximum Gasteiger partial charge on any atom is 0.256 e. The van der Waals surface area contributed by atoms with Crippen LogP contribution in [0.4, 0.5) is 17.1 Å². The van der Waals surface area contributed by atoms with Crippen LogP contribution in [0.15, 0.2) is 60.0 Å². The number of piperazine rings is 1. The van der Waals surface area contributed by atoms with E-state index in [1.54, 1.807) is 18.4 Å². The molecule has 1 saturated heterocycles. The van der Waals surface area contributed by atoms with Crippen molar-refractivity contribution in [2.24, 2.45) is 0 Å². The smallest absolute Gasteiger partial charge is 0.256 e. The number of carbonyl (C=O) groups excluding carboxylic acids is 2. The van der Waals surface area contributed by atoms with Crippen LogP contribution in [0.2, 0.25) is 0 Å². The lowest BCUT2D eigenvalue weighted by Gasteiger charge is -2.38. The lowest BCUT2D eigenvalue weighted by molar-refractivity contribution is -0.115. The number of hydrogen-bond acceptors (Lipinski definition) is 6. The number of amides is 2. The van der Waals surface area contributed by atoms with E-state index >= 15 is 0 Å². The van der Waals surface area contributed by atoms with Gasteiger partial charge in [0.1, 0.15) is 5.75 Å². The molecule has 4 rings (SSSR count). The van der Waals surface area contributed by atoms with E-state index in [-0.39, 0.29) is 11.8 Å². The summed E-state index contributed by atoms with van der Waals surface area (Å²) >= 11 is 1.56. The Balaban J connectivity index is 1.54. The third kappa shape index (κ3) is 5.82. The number of para-hydroxylation sites is 2. The van der Waals surface area contributed by atoms with Crippen molar-refractivity contribution < 1.29 is 14.3 Å². The highest BCUT2D eigenvalue weighted by atomic mass is 32.1. The molecular formula is C28H34N4O3S. The zero-order chi connectivity index (χ0) is 25.5. The Labute approximate surface area is 217 Å². The minimum absolute atomic E-state index is 0.0171. The van der Waals surface area contributed by atoms with Gasteiger partial charge in [-0.1, -0.05) is 18.2 Å². The minimum atomic E-state index is -0.0862. The van der Waals surface area contributed by atoms with Gasteiger partial charge in [-0.3, -0.25) is 9.59 Å². The predicted octanol–water partition coefficient (Wildman–Crippen LogP) is 4.75. The maximum atomic E-state index is 13.5. The van der Waals surface area contributed by atoms with Crippen molar-refractivity contribution in [1.82, 2.24) is 4.90 Å². The van der Waals surface area contributed by atoms with E-state index in [0.717, 1.165) is 48.2 Å². The van der Waals surface area contributed by atoms with Crippen molar-refractivity contribution >= 4 is 40.2 Å². The molecule has 1 aliphatic heterocycles. The molecule has 0 bridgehead atoms. The zero-order valence-corrected chi connectivity index (χ0v) is 22.0. The second kappa shape index (κ2) is 11.9. The van der Waals surface area contributed by atoms with Crippen LogP contribution in [0.25, 0.3) is 0 Å². The molecule has 0 spiro atoms. The lowest BCUT2D eigenvalue weighted by atomic mass is 10.1. The van der Waals surface area contributed by atoms with Crippen molar-refractivity contribution in [3.05, 3.63) is 70.4 Å². The Morgan fingerprint density at radius 3 is 2.28 bits per heavy atom. The van der Waals surface area contributed by atoms with Crippen LogP contribution in [0.5, 0.6) is 5.75 Å². The summed E-state index contributed by atoms with van der Waals surface area (Å²) in [5.41, 5.74) is 3.26. The van der Waals surface area contributed by atoms with Gasteiger partial charge in [-0.2, -0.15) is 0 Å². The van der Waals surface area contributed by atoms with Gasteiger partial charge in [-0.25, -0.2) is 0 Å². The Kier molecular flexibility index (Phi) is 8.48. The number of nitrogens with zero attached hydrogens (tertiary/aromatic N) is 3. The van der Waals surface area contributed by atoms with Crippen LogP contribution in [-0.4, -0.2) is 63.1 Å². The molecule has 8 heteroatoms. The molecule has 1 aromatic heterocycles. The number of thiophene rings is 1. The average Bonchev–Trinajstić information content (AvgIpc) is 3.42. The summed E-state index contributed by atoms with van der Waals surface area (Å²) in [4.78, 5) is 33.5. The van der Waals surface area contributed by atoms with Crippen molar-refractivity contribution in [3.63, 3.8) is 0 Å². The Bertz CT molecular complexity index is 1170. The summed E-state index contributed by atoms with van der Waals surface area (Å²) in [7, 11) is 1.70. The molecule has 190 valence electrons. The molecule has 0 unspecified atom stereocenters. The highest BCUT2D eigenvalue weighted by Gasteiger charge is 2.25. The zero-order valence-electron chi connectivity index (χ0n) is 21.2. The Hall–Kier alpha value is -3.52. The normalized spacial score (nSPS) is 13.4. The predicted molar refractivity (Wildman–Crippen MR) is 148 cm³/mol. The van der Waals surface area contributed by atoms with Gasteiger partial charge in [0, 0.05) is 55.5 Å². The number of ether oxygens (including phenoxy) is 1. The molecule has 1 aliphatic rings. The maximum absolute atomic E-state index is 13.5. The molecule has 1 fully saturated rings. The van der Waals surface area contributed by atoms with Gasteiger partial charge in [0.05, 0.1) is 24.8 Å². The van der Waals surface area contributed by atoms with Gasteiger partial charge in [-0.05, 0) is 55.6 Å². The van der Waals surface area contributed by atoms with Crippen LogP contribution in [0, 0.1) is 0 Å². The van der Waals surface area contributed by atoms with Gasteiger partial charge in [-0.15, -0.1) is 11.3 Å². The molecule has 2 heterocycles. The average molecular weight is 507 g/mol. The number of nitrogens with one attached hydrogen (secondary N) is 1. The number of benzene rings is 2. The first-order valence-electron chi connectivity index (χ1n) is 12.4. The molecule has 2 amide bonds. The molecule has 0 saturated carbocycles. The summed E-state index contributed by atoms with van der Waals surface area (Å²) in [6.07, 6.45) is 0.323. The minimum Gasteiger partial charge on any atom is -0.495 e. The third-order valence-electron chi connectivity index (χ3n) is 6.52. The molecule has 36 heavy (non-hydrogen) atoms. The molecular weight excluding hydrogens is 472 g/mol. The largest absolute Gasteiger partial charge is 0.495 e. The van der Waals surface area contributed by atoms with E-state index in [2.05, 4.69) is 21.2 Å². The van der Waals surface area contributed by atoms with Gasteiger partial charge < -0.3 is 24.8 Å². The number of rotatable bonds is 9. The van der Waals surface area contributed by atoms with E-state index in [1.165, 1.54) is 0 Å². The highest BCUT2D eigenvalue weighted by Crippen LogP contribution is 2.31. The van der Waals surface area contributed by atoms with Gasteiger partial charge in [0.15, 0.2) is 0 Å². The van der Waals surface area contributed by atoms with Crippen LogP contribution >= 0.6 is 11.3 Å². The topological polar surface area (TPSA) is 65.1 Å². The molecule has 0 atom stereocenters. The van der Waals surface area contributed by atoms with Crippen LogP contribution < -0.4 is 19.9 Å². The van der Waals surface area contributed by atoms with E-state index in [0.29, 0.717) is 30.8 Å². The van der Waals surface area contributed by atoms with E-state index < -0.39 is 0 Å². The van der Waals surface area contributed by atoms with Gasteiger partial charge >= 0.3 is 0 Å². The molecule has 0 aliphatic carbocycles. The Morgan fingerprint density at radius 1 is 0.944 bits per heavy atom. The van der Waals surface area contributed by atoms with E-state index in [4.69, 9.17) is 4.74 Å². The fraction of sp³-hybridized carbons (Fsp3) is 0.357. The lowest BCUT2D eigenvalue weighted by Crippen LogP contribution is -2.47.